The largest absolute Gasteiger partial charge is 0.497 e. The summed E-state index contributed by atoms with van der Waals surface area (Å²) in [5.41, 5.74) is 0.462. The Bertz CT molecular complexity index is 995. The SMILES string of the molecule is COc1cc(OC)cc(-c2nnc(CCC(=O)NCCc3cccs3)c(=O)[nH]2)c1. The number of amides is 1. The Kier molecular flexibility index (Phi) is 6.96. The number of ether oxygens (including phenoxy) is 2. The van der Waals surface area contributed by atoms with E-state index in [2.05, 4.69) is 20.5 Å². The quantitative estimate of drug-likeness (QED) is 0.556. The van der Waals surface area contributed by atoms with E-state index in [0.29, 0.717) is 29.4 Å². The topological polar surface area (TPSA) is 106 Å². The number of aromatic amines is 1. The Labute approximate surface area is 171 Å². The van der Waals surface area contributed by atoms with E-state index in [1.54, 1.807) is 43.8 Å². The summed E-state index contributed by atoms with van der Waals surface area (Å²) < 4.78 is 10.5. The van der Waals surface area contributed by atoms with Crippen LogP contribution in [0.2, 0.25) is 0 Å². The minimum absolute atomic E-state index is 0.121. The first-order valence-electron chi connectivity index (χ1n) is 9.07. The molecule has 0 radical (unpaired) electrons. The van der Waals surface area contributed by atoms with Gasteiger partial charge >= 0.3 is 0 Å². The zero-order valence-corrected chi connectivity index (χ0v) is 17.0. The van der Waals surface area contributed by atoms with Crippen molar-refractivity contribution in [3.63, 3.8) is 0 Å². The predicted octanol–water partition coefficient (Wildman–Crippen LogP) is 2.20. The number of methoxy groups -OCH3 is 2. The maximum atomic E-state index is 12.4. The molecule has 0 saturated heterocycles. The monoisotopic (exact) mass is 414 g/mol. The number of carbonyl (C=O) groups is 1. The standard InChI is InChI=1S/C20H22N4O4S/c1-27-14-10-13(11-15(12-14)28-2)19-22-20(26)17(23-24-19)5-6-18(25)21-8-7-16-4-3-9-29-16/h3-4,9-12H,5-8H2,1-2H3,(H,21,25)(H,22,24,26). The third-order valence-electron chi connectivity index (χ3n) is 4.25. The molecule has 0 bridgehead atoms. The number of nitrogens with one attached hydrogen (secondary N) is 2. The van der Waals surface area contributed by atoms with Crippen LogP contribution >= 0.6 is 11.3 Å². The summed E-state index contributed by atoms with van der Waals surface area (Å²) in [5, 5.41) is 13.0. The van der Waals surface area contributed by atoms with Gasteiger partial charge in [-0.05, 0) is 30.0 Å². The first-order chi connectivity index (χ1) is 14.1. The Morgan fingerprint density at radius 3 is 2.52 bits per heavy atom. The average molecular weight is 414 g/mol. The van der Waals surface area contributed by atoms with E-state index in [1.807, 2.05) is 17.5 Å². The van der Waals surface area contributed by atoms with Crippen LogP contribution in [0.3, 0.4) is 0 Å². The van der Waals surface area contributed by atoms with Crippen LogP contribution in [0.4, 0.5) is 0 Å². The van der Waals surface area contributed by atoms with Crippen molar-refractivity contribution in [2.24, 2.45) is 0 Å². The summed E-state index contributed by atoms with van der Waals surface area (Å²) in [7, 11) is 3.09. The van der Waals surface area contributed by atoms with Gasteiger partial charge in [0.15, 0.2) is 5.82 Å². The van der Waals surface area contributed by atoms with E-state index < -0.39 is 0 Å². The van der Waals surface area contributed by atoms with Gasteiger partial charge in [-0.25, -0.2) is 0 Å². The summed E-state index contributed by atoms with van der Waals surface area (Å²) in [6.07, 6.45) is 1.19. The zero-order chi connectivity index (χ0) is 20.6. The van der Waals surface area contributed by atoms with Gasteiger partial charge in [-0.2, -0.15) is 0 Å². The third kappa shape index (κ3) is 5.64. The fourth-order valence-corrected chi connectivity index (χ4v) is 3.41. The van der Waals surface area contributed by atoms with Gasteiger partial charge in [0.05, 0.1) is 14.2 Å². The number of nitrogens with zero attached hydrogens (tertiary/aromatic N) is 2. The van der Waals surface area contributed by atoms with Crippen molar-refractivity contribution in [1.82, 2.24) is 20.5 Å². The fourth-order valence-electron chi connectivity index (χ4n) is 2.70. The second-order valence-corrected chi connectivity index (χ2v) is 7.26. The molecule has 29 heavy (non-hydrogen) atoms. The minimum atomic E-state index is -0.372. The Balaban J connectivity index is 1.59. The van der Waals surface area contributed by atoms with Gasteiger partial charge in [0.1, 0.15) is 17.2 Å². The van der Waals surface area contributed by atoms with E-state index >= 15 is 0 Å². The average Bonchev–Trinajstić information content (AvgIpc) is 3.26. The highest BCUT2D eigenvalue weighted by Gasteiger charge is 2.11. The van der Waals surface area contributed by atoms with Crippen LogP contribution in [0.5, 0.6) is 11.5 Å². The Morgan fingerprint density at radius 2 is 1.90 bits per heavy atom. The van der Waals surface area contributed by atoms with Crippen LogP contribution < -0.4 is 20.3 Å². The first-order valence-corrected chi connectivity index (χ1v) is 9.95. The summed E-state index contributed by atoms with van der Waals surface area (Å²) in [6, 6.07) is 9.19. The number of hydrogen-bond donors (Lipinski definition) is 2. The lowest BCUT2D eigenvalue weighted by Gasteiger charge is -2.08. The summed E-state index contributed by atoms with van der Waals surface area (Å²) in [6.45, 7) is 0.567. The normalized spacial score (nSPS) is 10.6. The fraction of sp³-hybridized carbons (Fsp3) is 0.300. The number of thiophene rings is 1. The van der Waals surface area contributed by atoms with Crippen LogP contribution in [0.15, 0.2) is 40.5 Å². The highest BCUT2D eigenvalue weighted by atomic mass is 32.1. The maximum absolute atomic E-state index is 12.4. The van der Waals surface area contributed by atoms with E-state index in [4.69, 9.17) is 9.47 Å². The highest BCUT2D eigenvalue weighted by molar-refractivity contribution is 7.09. The number of benzene rings is 1. The molecule has 0 aliphatic rings. The molecule has 152 valence electrons. The Hall–Kier alpha value is -3.20. The van der Waals surface area contributed by atoms with E-state index in [9.17, 15) is 9.59 Å². The molecular formula is C20H22N4O4S. The number of carbonyl (C=O) groups excluding carboxylic acids is 1. The molecule has 3 rings (SSSR count). The number of aromatic nitrogens is 3. The molecule has 2 heterocycles. The molecule has 0 aliphatic carbocycles. The van der Waals surface area contributed by atoms with Gasteiger partial charge in [-0.3, -0.25) is 9.59 Å². The van der Waals surface area contributed by atoms with Crippen LogP contribution in [-0.2, 0) is 17.6 Å². The van der Waals surface area contributed by atoms with Gasteiger partial charge in [-0.1, -0.05) is 6.07 Å². The third-order valence-corrected chi connectivity index (χ3v) is 5.19. The smallest absolute Gasteiger partial charge is 0.273 e. The van der Waals surface area contributed by atoms with E-state index in [1.165, 1.54) is 4.88 Å². The lowest BCUT2D eigenvalue weighted by atomic mass is 10.2. The molecule has 2 N–H and O–H groups in total. The second kappa shape index (κ2) is 9.83. The maximum Gasteiger partial charge on any atom is 0.273 e. The zero-order valence-electron chi connectivity index (χ0n) is 16.2. The van der Waals surface area contributed by atoms with Crippen molar-refractivity contribution in [2.45, 2.75) is 19.3 Å². The van der Waals surface area contributed by atoms with Gasteiger partial charge in [-0.15, -0.1) is 21.5 Å². The molecule has 0 unspecified atom stereocenters. The first kappa shape index (κ1) is 20.5. The second-order valence-electron chi connectivity index (χ2n) is 6.23. The predicted molar refractivity (Wildman–Crippen MR) is 111 cm³/mol. The van der Waals surface area contributed by atoms with Crippen LogP contribution in [0.1, 0.15) is 17.0 Å². The van der Waals surface area contributed by atoms with Crippen LogP contribution in [0.25, 0.3) is 11.4 Å². The summed E-state index contributed by atoms with van der Waals surface area (Å²) in [4.78, 5) is 28.3. The number of rotatable bonds is 9. The highest BCUT2D eigenvalue weighted by Crippen LogP contribution is 2.27. The van der Waals surface area contributed by atoms with Gasteiger partial charge in [0.25, 0.3) is 5.56 Å². The molecule has 0 atom stereocenters. The Morgan fingerprint density at radius 1 is 1.14 bits per heavy atom. The molecule has 0 fully saturated rings. The lowest BCUT2D eigenvalue weighted by molar-refractivity contribution is -0.121. The van der Waals surface area contributed by atoms with Crippen LogP contribution in [-0.4, -0.2) is 41.9 Å². The molecule has 2 aromatic heterocycles. The molecule has 0 saturated carbocycles. The van der Waals surface area contributed by atoms with Gasteiger partial charge in [0, 0.05) is 35.9 Å². The van der Waals surface area contributed by atoms with Crippen molar-refractivity contribution in [2.75, 3.05) is 20.8 Å². The lowest BCUT2D eigenvalue weighted by Crippen LogP contribution is -2.27. The van der Waals surface area contributed by atoms with Crippen molar-refractivity contribution >= 4 is 17.2 Å². The summed E-state index contributed by atoms with van der Waals surface area (Å²) >= 11 is 1.66. The molecule has 0 aliphatic heterocycles. The molecule has 0 spiro atoms. The van der Waals surface area contributed by atoms with Crippen LogP contribution in [0, 0.1) is 0 Å². The molecule has 3 aromatic rings. The molecule has 9 heteroatoms. The molecular weight excluding hydrogens is 392 g/mol. The van der Waals surface area contributed by atoms with Gasteiger partial charge < -0.3 is 19.8 Å². The number of aryl methyl sites for hydroxylation is 1. The summed E-state index contributed by atoms with van der Waals surface area (Å²) in [5.74, 6) is 1.33. The van der Waals surface area contributed by atoms with Gasteiger partial charge in [0.2, 0.25) is 5.91 Å². The minimum Gasteiger partial charge on any atom is -0.497 e. The molecule has 1 aromatic carbocycles. The number of hydrogen-bond acceptors (Lipinski definition) is 7. The molecule has 1 amide bonds. The van der Waals surface area contributed by atoms with E-state index in [0.717, 1.165) is 6.42 Å². The van der Waals surface area contributed by atoms with E-state index in [-0.39, 0.29) is 30.0 Å². The number of H-pyrrole nitrogens is 1. The van der Waals surface area contributed by atoms with Crippen molar-refractivity contribution in [3.8, 4) is 22.9 Å². The molecule has 8 nitrogen and oxygen atoms in total. The van der Waals surface area contributed by atoms with Crippen molar-refractivity contribution in [1.29, 1.82) is 0 Å². The van der Waals surface area contributed by atoms with Crippen molar-refractivity contribution < 1.29 is 14.3 Å². The van der Waals surface area contributed by atoms with Crippen molar-refractivity contribution in [3.05, 3.63) is 56.6 Å².